The van der Waals surface area contributed by atoms with E-state index in [4.69, 9.17) is 0 Å². The zero-order valence-electron chi connectivity index (χ0n) is 12.9. The summed E-state index contributed by atoms with van der Waals surface area (Å²) in [4.78, 5) is 2.65. The summed E-state index contributed by atoms with van der Waals surface area (Å²) in [6.07, 6.45) is 9.61. The Balaban J connectivity index is 1.99. The van der Waals surface area contributed by atoms with Gasteiger partial charge >= 0.3 is 0 Å². The highest BCUT2D eigenvalue weighted by atomic mass is 15.1. The molecule has 1 aliphatic rings. The normalized spacial score (nSPS) is 20.8. The summed E-state index contributed by atoms with van der Waals surface area (Å²) >= 11 is 0. The molecule has 0 aromatic carbocycles. The van der Waals surface area contributed by atoms with E-state index < -0.39 is 0 Å². The summed E-state index contributed by atoms with van der Waals surface area (Å²) < 4.78 is 0. The minimum Gasteiger partial charge on any atom is -0.315 e. The second-order valence-corrected chi connectivity index (χ2v) is 6.67. The Morgan fingerprint density at radius 3 is 2.61 bits per heavy atom. The van der Waals surface area contributed by atoms with Gasteiger partial charge in [-0.2, -0.15) is 0 Å². The number of unbranched alkanes of at least 4 members (excludes halogenated alkanes) is 3. The first-order chi connectivity index (χ1) is 8.64. The fourth-order valence-corrected chi connectivity index (χ4v) is 2.74. The van der Waals surface area contributed by atoms with Crippen molar-refractivity contribution in [3.05, 3.63) is 0 Å². The third-order valence-electron chi connectivity index (χ3n) is 4.24. The Morgan fingerprint density at radius 1 is 1.00 bits per heavy atom. The van der Waals surface area contributed by atoms with Crippen LogP contribution in [0.15, 0.2) is 0 Å². The smallest absolute Gasteiger partial charge is 0.0107 e. The van der Waals surface area contributed by atoms with E-state index >= 15 is 0 Å². The topological polar surface area (TPSA) is 15.3 Å². The quantitative estimate of drug-likeness (QED) is 0.665. The lowest BCUT2D eigenvalue weighted by Crippen LogP contribution is -2.33. The van der Waals surface area contributed by atoms with E-state index in [0.29, 0.717) is 5.41 Å². The SMILES string of the molecule is CCCCCCNCCN1CCCC(C)(C)CC1. The molecule has 0 bridgehead atoms. The van der Waals surface area contributed by atoms with E-state index in [1.807, 2.05) is 0 Å². The summed E-state index contributed by atoms with van der Waals surface area (Å²) in [6.45, 7) is 13.3. The monoisotopic (exact) mass is 254 g/mol. The van der Waals surface area contributed by atoms with Crippen LogP contribution in [-0.4, -0.2) is 37.6 Å². The van der Waals surface area contributed by atoms with Crippen LogP contribution in [0.1, 0.15) is 65.7 Å². The molecule has 2 nitrogen and oxygen atoms in total. The number of hydrogen-bond donors (Lipinski definition) is 1. The van der Waals surface area contributed by atoms with Gasteiger partial charge in [0.2, 0.25) is 0 Å². The molecule has 1 rings (SSSR count). The molecule has 1 fully saturated rings. The average Bonchev–Trinajstić information content (AvgIpc) is 2.50. The molecule has 0 unspecified atom stereocenters. The van der Waals surface area contributed by atoms with Crippen molar-refractivity contribution < 1.29 is 0 Å². The van der Waals surface area contributed by atoms with Gasteiger partial charge in [0.1, 0.15) is 0 Å². The van der Waals surface area contributed by atoms with Crippen LogP contribution in [0.2, 0.25) is 0 Å². The van der Waals surface area contributed by atoms with Crippen molar-refractivity contribution in [2.24, 2.45) is 5.41 Å². The van der Waals surface area contributed by atoms with Crippen LogP contribution in [0.4, 0.5) is 0 Å². The van der Waals surface area contributed by atoms with Gasteiger partial charge in [-0.3, -0.25) is 0 Å². The van der Waals surface area contributed by atoms with Gasteiger partial charge in [-0.05, 0) is 50.7 Å². The zero-order chi connectivity index (χ0) is 13.3. The molecule has 1 N–H and O–H groups in total. The molecule has 1 aliphatic heterocycles. The molecule has 0 aromatic heterocycles. The van der Waals surface area contributed by atoms with Crippen molar-refractivity contribution >= 4 is 0 Å². The van der Waals surface area contributed by atoms with Crippen LogP contribution in [0.5, 0.6) is 0 Å². The van der Waals surface area contributed by atoms with Gasteiger partial charge in [0, 0.05) is 13.1 Å². The van der Waals surface area contributed by atoms with Crippen molar-refractivity contribution in [1.29, 1.82) is 0 Å². The fraction of sp³-hybridized carbons (Fsp3) is 1.00. The number of nitrogens with one attached hydrogen (secondary N) is 1. The largest absolute Gasteiger partial charge is 0.315 e. The van der Waals surface area contributed by atoms with Gasteiger partial charge in [0.15, 0.2) is 0 Å². The van der Waals surface area contributed by atoms with Crippen LogP contribution in [0, 0.1) is 5.41 Å². The van der Waals surface area contributed by atoms with Gasteiger partial charge in [-0.25, -0.2) is 0 Å². The van der Waals surface area contributed by atoms with Crippen LogP contribution in [0.25, 0.3) is 0 Å². The molecule has 1 saturated heterocycles. The molecular formula is C16H34N2. The molecule has 0 aliphatic carbocycles. The second kappa shape index (κ2) is 8.92. The van der Waals surface area contributed by atoms with Crippen LogP contribution in [-0.2, 0) is 0 Å². The first-order valence-electron chi connectivity index (χ1n) is 8.07. The first-order valence-corrected chi connectivity index (χ1v) is 8.07. The maximum absolute atomic E-state index is 3.59. The highest BCUT2D eigenvalue weighted by Crippen LogP contribution is 2.29. The average molecular weight is 254 g/mol. The lowest BCUT2D eigenvalue weighted by atomic mass is 9.85. The lowest BCUT2D eigenvalue weighted by molar-refractivity contribution is 0.262. The molecule has 0 amide bonds. The van der Waals surface area contributed by atoms with Crippen molar-refractivity contribution in [1.82, 2.24) is 10.2 Å². The van der Waals surface area contributed by atoms with Gasteiger partial charge < -0.3 is 10.2 Å². The standard InChI is InChI=1S/C16H34N2/c1-4-5-6-7-11-17-12-15-18-13-8-9-16(2,3)10-14-18/h17H,4-15H2,1-3H3. The van der Waals surface area contributed by atoms with E-state index in [1.54, 1.807) is 0 Å². The van der Waals surface area contributed by atoms with Crippen molar-refractivity contribution in [2.45, 2.75) is 65.7 Å². The van der Waals surface area contributed by atoms with Crippen LogP contribution in [0.3, 0.4) is 0 Å². The number of hydrogen-bond acceptors (Lipinski definition) is 2. The third-order valence-corrected chi connectivity index (χ3v) is 4.24. The van der Waals surface area contributed by atoms with Gasteiger partial charge in [0.25, 0.3) is 0 Å². The van der Waals surface area contributed by atoms with E-state index in [-0.39, 0.29) is 0 Å². The van der Waals surface area contributed by atoms with Crippen LogP contribution < -0.4 is 5.32 Å². The molecule has 0 atom stereocenters. The fourth-order valence-electron chi connectivity index (χ4n) is 2.74. The summed E-state index contributed by atoms with van der Waals surface area (Å²) in [6, 6.07) is 0. The second-order valence-electron chi connectivity index (χ2n) is 6.67. The summed E-state index contributed by atoms with van der Waals surface area (Å²) in [5.74, 6) is 0. The summed E-state index contributed by atoms with van der Waals surface area (Å²) in [7, 11) is 0. The molecule has 2 heteroatoms. The van der Waals surface area contributed by atoms with Crippen molar-refractivity contribution in [3.8, 4) is 0 Å². The van der Waals surface area contributed by atoms with Crippen molar-refractivity contribution in [3.63, 3.8) is 0 Å². The van der Waals surface area contributed by atoms with E-state index in [9.17, 15) is 0 Å². The maximum atomic E-state index is 3.59. The summed E-state index contributed by atoms with van der Waals surface area (Å²) in [5, 5.41) is 3.59. The van der Waals surface area contributed by atoms with Gasteiger partial charge in [-0.15, -0.1) is 0 Å². The Bertz CT molecular complexity index is 201. The molecule has 0 aromatic rings. The number of likely N-dealkylation sites (tertiary alicyclic amines) is 1. The molecule has 18 heavy (non-hydrogen) atoms. The minimum absolute atomic E-state index is 0.572. The van der Waals surface area contributed by atoms with Crippen molar-refractivity contribution in [2.75, 3.05) is 32.7 Å². The Labute approximate surface area is 115 Å². The van der Waals surface area contributed by atoms with Crippen LogP contribution >= 0.6 is 0 Å². The Kier molecular flexibility index (Phi) is 7.92. The van der Waals surface area contributed by atoms with Gasteiger partial charge in [-0.1, -0.05) is 40.0 Å². The maximum Gasteiger partial charge on any atom is 0.0107 e. The first kappa shape index (κ1) is 16.0. The molecule has 0 radical (unpaired) electrons. The van der Waals surface area contributed by atoms with E-state index in [2.05, 4.69) is 31.0 Å². The molecular weight excluding hydrogens is 220 g/mol. The van der Waals surface area contributed by atoms with E-state index in [1.165, 1.54) is 77.7 Å². The highest BCUT2D eigenvalue weighted by Gasteiger charge is 2.22. The Morgan fingerprint density at radius 2 is 1.83 bits per heavy atom. The number of nitrogens with zero attached hydrogens (tertiary/aromatic N) is 1. The predicted octanol–water partition coefficient (Wildman–Crippen LogP) is 3.67. The molecule has 0 saturated carbocycles. The molecule has 108 valence electrons. The van der Waals surface area contributed by atoms with E-state index in [0.717, 1.165) is 0 Å². The number of rotatable bonds is 8. The molecule has 1 heterocycles. The Hall–Kier alpha value is -0.0800. The molecule has 0 spiro atoms. The predicted molar refractivity (Wildman–Crippen MR) is 81.1 cm³/mol. The van der Waals surface area contributed by atoms with Gasteiger partial charge in [0.05, 0.1) is 0 Å². The lowest BCUT2D eigenvalue weighted by Gasteiger charge is -2.23. The third kappa shape index (κ3) is 7.38. The zero-order valence-corrected chi connectivity index (χ0v) is 12.9. The summed E-state index contributed by atoms with van der Waals surface area (Å²) in [5.41, 5.74) is 0.572. The minimum atomic E-state index is 0.572. The highest BCUT2D eigenvalue weighted by molar-refractivity contribution is 4.76.